The van der Waals surface area contributed by atoms with Crippen molar-refractivity contribution in [2.45, 2.75) is 39.0 Å². The van der Waals surface area contributed by atoms with E-state index < -0.39 is 5.91 Å². The van der Waals surface area contributed by atoms with Crippen LogP contribution < -0.4 is 10.7 Å². The zero-order valence-electron chi connectivity index (χ0n) is 18.1. The lowest BCUT2D eigenvalue weighted by Crippen LogP contribution is -2.24. The summed E-state index contributed by atoms with van der Waals surface area (Å²) in [6, 6.07) is 18.1. The monoisotopic (exact) mass is 429 g/mol. The number of rotatable bonds is 5. The first-order valence-corrected chi connectivity index (χ1v) is 11.0. The van der Waals surface area contributed by atoms with E-state index >= 15 is 0 Å². The maximum atomic E-state index is 12.6. The van der Waals surface area contributed by atoms with Gasteiger partial charge in [0.05, 0.1) is 11.3 Å². The summed E-state index contributed by atoms with van der Waals surface area (Å²) in [5.74, 6) is -0.441. The van der Waals surface area contributed by atoms with Gasteiger partial charge in [-0.1, -0.05) is 55.7 Å². The zero-order valence-corrected chi connectivity index (χ0v) is 18.1. The van der Waals surface area contributed by atoms with E-state index in [2.05, 4.69) is 15.8 Å². The average Bonchev–Trinajstić information content (AvgIpc) is 2.82. The van der Waals surface area contributed by atoms with Crippen LogP contribution in [0.2, 0.25) is 0 Å². The van der Waals surface area contributed by atoms with Crippen molar-refractivity contribution in [1.29, 1.82) is 0 Å². The summed E-state index contributed by atoms with van der Waals surface area (Å²) in [4.78, 5) is 25.1. The van der Waals surface area contributed by atoms with Gasteiger partial charge in [0.1, 0.15) is 5.75 Å². The Bertz CT molecular complexity index is 1180. The molecule has 6 nitrogen and oxygen atoms in total. The van der Waals surface area contributed by atoms with Crippen molar-refractivity contribution in [1.82, 2.24) is 5.43 Å². The van der Waals surface area contributed by atoms with Gasteiger partial charge in [-0.05, 0) is 60.4 Å². The van der Waals surface area contributed by atoms with Crippen LogP contribution in [0.1, 0.15) is 54.9 Å². The summed E-state index contributed by atoms with van der Waals surface area (Å²) in [5.41, 5.74) is 4.77. The van der Waals surface area contributed by atoms with Crippen LogP contribution in [0.4, 0.5) is 5.69 Å². The minimum absolute atomic E-state index is 0.0662. The number of amides is 2. The third-order valence-electron chi connectivity index (χ3n) is 5.96. The fraction of sp³-hybridized carbons (Fsp3) is 0.269. The molecule has 3 N–H and O–H groups in total. The number of phenolic OH excluding ortho intramolecular Hbond substituents is 1. The minimum atomic E-state index is -0.491. The van der Waals surface area contributed by atoms with E-state index in [-0.39, 0.29) is 23.1 Å². The van der Waals surface area contributed by atoms with Gasteiger partial charge >= 0.3 is 0 Å². The van der Waals surface area contributed by atoms with Gasteiger partial charge in [-0.25, -0.2) is 5.43 Å². The lowest BCUT2D eigenvalue weighted by atomic mass is 9.88. The maximum Gasteiger partial charge on any atom is 0.275 e. The number of nitrogens with zero attached hydrogens (tertiary/aromatic N) is 1. The van der Waals surface area contributed by atoms with Gasteiger partial charge in [0, 0.05) is 11.6 Å². The summed E-state index contributed by atoms with van der Waals surface area (Å²) in [6.07, 6.45) is 5.31. The van der Waals surface area contributed by atoms with Crippen molar-refractivity contribution >= 4 is 34.0 Å². The van der Waals surface area contributed by atoms with E-state index in [1.54, 1.807) is 19.1 Å². The molecular formula is C26H27N3O3. The molecule has 1 aliphatic rings. The number of hydrazone groups is 1. The summed E-state index contributed by atoms with van der Waals surface area (Å²) in [6.45, 7) is 1.78. The van der Waals surface area contributed by atoms with Crippen molar-refractivity contribution < 1.29 is 14.7 Å². The SMILES string of the molecule is C/C(=N\NC(=O)c1cc2ccccc2cc1O)c1cccc(NC(=O)C2CCCCC2)c1. The molecule has 0 heterocycles. The number of hydrogen-bond acceptors (Lipinski definition) is 4. The summed E-state index contributed by atoms with van der Waals surface area (Å²) < 4.78 is 0. The van der Waals surface area contributed by atoms with E-state index in [1.807, 2.05) is 48.5 Å². The van der Waals surface area contributed by atoms with Crippen molar-refractivity contribution in [3.05, 3.63) is 71.8 Å². The Morgan fingerprint density at radius 2 is 1.66 bits per heavy atom. The molecule has 0 saturated heterocycles. The predicted octanol–water partition coefficient (Wildman–Crippen LogP) is 5.22. The highest BCUT2D eigenvalue weighted by atomic mass is 16.3. The third kappa shape index (κ3) is 4.97. The molecule has 6 heteroatoms. The highest BCUT2D eigenvalue weighted by Gasteiger charge is 2.21. The molecule has 3 aromatic rings. The van der Waals surface area contributed by atoms with Crippen molar-refractivity contribution in [2.75, 3.05) is 5.32 Å². The molecule has 3 aromatic carbocycles. The number of aromatic hydroxyl groups is 1. The topological polar surface area (TPSA) is 90.8 Å². The second-order valence-corrected chi connectivity index (χ2v) is 8.26. The molecule has 164 valence electrons. The molecule has 32 heavy (non-hydrogen) atoms. The van der Waals surface area contributed by atoms with Crippen LogP contribution in [0, 0.1) is 5.92 Å². The molecule has 1 saturated carbocycles. The number of nitrogens with one attached hydrogen (secondary N) is 2. The van der Waals surface area contributed by atoms with Gasteiger partial charge in [-0.15, -0.1) is 0 Å². The van der Waals surface area contributed by atoms with Gasteiger partial charge in [0.2, 0.25) is 5.91 Å². The molecule has 0 unspecified atom stereocenters. The van der Waals surface area contributed by atoms with Gasteiger partial charge in [-0.3, -0.25) is 9.59 Å². The average molecular weight is 430 g/mol. The van der Waals surface area contributed by atoms with E-state index in [4.69, 9.17) is 0 Å². The van der Waals surface area contributed by atoms with Crippen LogP contribution in [0.3, 0.4) is 0 Å². The Hall–Kier alpha value is -3.67. The number of hydrogen-bond donors (Lipinski definition) is 3. The molecule has 4 rings (SSSR count). The van der Waals surface area contributed by atoms with E-state index in [0.29, 0.717) is 11.4 Å². The Balaban J connectivity index is 1.45. The number of phenols is 1. The molecule has 1 aliphatic carbocycles. The number of benzene rings is 3. The summed E-state index contributed by atoms with van der Waals surface area (Å²) in [7, 11) is 0. The standard InChI is InChI=1S/C26H27N3O3/c1-17(19-12-7-13-22(14-19)27-25(31)18-8-3-2-4-9-18)28-29-26(32)23-15-20-10-5-6-11-21(20)16-24(23)30/h5-7,10-16,18,30H,2-4,8-9H2,1H3,(H,27,31)(H,29,32)/b28-17+. The molecule has 0 bridgehead atoms. The van der Waals surface area contributed by atoms with Crippen molar-refractivity contribution in [3.63, 3.8) is 0 Å². The first-order valence-electron chi connectivity index (χ1n) is 11.0. The number of anilines is 1. The first-order chi connectivity index (χ1) is 15.5. The van der Waals surface area contributed by atoms with E-state index in [1.165, 1.54) is 6.42 Å². The predicted molar refractivity (Wildman–Crippen MR) is 127 cm³/mol. The minimum Gasteiger partial charge on any atom is -0.507 e. The quantitative estimate of drug-likeness (QED) is 0.384. The molecule has 1 fully saturated rings. The number of carbonyl (C=O) groups is 2. The maximum absolute atomic E-state index is 12.6. The molecule has 0 spiro atoms. The molecule has 0 aromatic heterocycles. The molecule has 0 atom stereocenters. The van der Waals surface area contributed by atoms with Crippen LogP contribution in [-0.4, -0.2) is 22.6 Å². The van der Waals surface area contributed by atoms with Crippen LogP contribution in [0.25, 0.3) is 10.8 Å². The number of fused-ring (bicyclic) bond motifs is 1. The highest BCUT2D eigenvalue weighted by molar-refractivity contribution is 6.04. The third-order valence-corrected chi connectivity index (χ3v) is 5.96. The molecule has 0 aliphatic heterocycles. The van der Waals surface area contributed by atoms with Gasteiger partial charge in [0.25, 0.3) is 5.91 Å². The van der Waals surface area contributed by atoms with Crippen LogP contribution >= 0.6 is 0 Å². The Kier molecular flexibility index (Phi) is 6.50. The van der Waals surface area contributed by atoms with Crippen molar-refractivity contribution in [2.24, 2.45) is 11.0 Å². The normalized spacial score (nSPS) is 14.8. The molecule has 0 radical (unpaired) electrons. The molecule has 2 amide bonds. The number of carbonyl (C=O) groups excluding carboxylic acids is 2. The van der Waals surface area contributed by atoms with E-state index in [0.717, 1.165) is 42.0 Å². The second-order valence-electron chi connectivity index (χ2n) is 8.26. The van der Waals surface area contributed by atoms with Crippen LogP contribution in [0.15, 0.2) is 65.8 Å². The van der Waals surface area contributed by atoms with Crippen molar-refractivity contribution in [3.8, 4) is 5.75 Å². The summed E-state index contributed by atoms with van der Waals surface area (Å²) >= 11 is 0. The second kappa shape index (κ2) is 9.64. The zero-order chi connectivity index (χ0) is 22.5. The van der Waals surface area contributed by atoms with Gasteiger partial charge in [-0.2, -0.15) is 5.10 Å². The highest BCUT2D eigenvalue weighted by Crippen LogP contribution is 2.26. The lowest BCUT2D eigenvalue weighted by Gasteiger charge is -2.20. The first kappa shape index (κ1) is 21.6. The van der Waals surface area contributed by atoms with Gasteiger partial charge in [0.15, 0.2) is 0 Å². The van der Waals surface area contributed by atoms with Crippen LogP contribution in [0.5, 0.6) is 5.75 Å². The van der Waals surface area contributed by atoms with Crippen LogP contribution in [-0.2, 0) is 4.79 Å². The van der Waals surface area contributed by atoms with E-state index in [9.17, 15) is 14.7 Å². The summed E-state index contributed by atoms with van der Waals surface area (Å²) in [5, 5.41) is 19.2. The Morgan fingerprint density at radius 3 is 2.41 bits per heavy atom. The Labute approximate surface area is 187 Å². The smallest absolute Gasteiger partial charge is 0.275 e. The largest absolute Gasteiger partial charge is 0.507 e. The fourth-order valence-electron chi connectivity index (χ4n) is 4.10. The lowest BCUT2D eigenvalue weighted by molar-refractivity contribution is -0.120. The Morgan fingerprint density at radius 1 is 0.938 bits per heavy atom. The fourth-order valence-corrected chi connectivity index (χ4v) is 4.10. The molecular weight excluding hydrogens is 402 g/mol. The van der Waals surface area contributed by atoms with Gasteiger partial charge < -0.3 is 10.4 Å².